The molecule has 0 bridgehead atoms. The van der Waals surface area contributed by atoms with Crippen molar-refractivity contribution < 1.29 is 24.2 Å². The number of carbonyl (C=O) groups is 3. The third kappa shape index (κ3) is 3.36. The molecular formula is C23H16NO5-. The summed E-state index contributed by atoms with van der Waals surface area (Å²) in [6, 6.07) is 19.4. The molecule has 0 N–H and O–H groups in total. The molecule has 0 spiro atoms. The van der Waals surface area contributed by atoms with E-state index in [1.54, 1.807) is 12.1 Å². The summed E-state index contributed by atoms with van der Waals surface area (Å²) in [4.78, 5) is 37.8. The van der Waals surface area contributed by atoms with Gasteiger partial charge in [-0.2, -0.15) is 0 Å². The van der Waals surface area contributed by atoms with E-state index >= 15 is 0 Å². The number of carboxylic acid groups (broad SMARTS) is 1. The first kappa shape index (κ1) is 18.4. The average Bonchev–Trinajstić information content (AvgIpc) is 2.98. The highest BCUT2D eigenvalue weighted by Crippen LogP contribution is 2.34. The van der Waals surface area contributed by atoms with Gasteiger partial charge < -0.3 is 14.6 Å². The van der Waals surface area contributed by atoms with Gasteiger partial charge in [0.2, 0.25) is 0 Å². The fraction of sp³-hybridized carbons (Fsp3) is 0.0870. The fourth-order valence-corrected chi connectivity index (χ4v) is 3.33. The van der Waals surface area contributed by atoms with Crippen LogP contribution >= 0.6 is 0 Å². The van der Waals surface area contributed by atoms with Crippen molar-refractivity contribution in [3.63, 3.8) is 0 Å². The van der Waals surface area contributed by atoms with E-state index in [-0.39, 0.29) is 22.9 Å². The van der Waals surface area contributed by atoms with Crippen LogP contribution in [0.5, 0.6) is 11.5 Å². The smallest absolute Gasteiger partial charge is 0.262 e. The highest BCUT2D eigenvalue weighted by atomic mass is 16.5. The van der Waals surface area contributed by atoms with E-state index in [2.05, 4.69) is 0 Å². The molecule has 29 heavy (non-hydrogen) atoms. The molecular weight excluding hydrogens is 370 g/mol. The molecule has 0 saturated carbocycles. The largest absolute Gasteiger partial charge is 0.545 e. The van der Waals surface area contributed by atoms with Crippen molar-refractivity contribution in [2.75, 3.05) is 0 Å². The average molecular weight is 386 g/mol. The van der Waals surface area contributed by atoms with Crippen molar-refractivity contribution in [1.29, 1.82) is 0 Å². The molecule has 0 unspecified atom stereocenters. The van der Waals surface area contributed by atoms with E-state index in [1.807, 2.05) is 37.3 Å². The lowest BCUT2D eigenvalue weighted by Gasteiger charge is -2.22. The van der Waals surface area contributed by atoms with Crippen LogP contribution in [0.3, 0.4) is 0 Å². The van der Waals surface area contributed by atoms with E-state index in [9.17, 15) is 19.5 Å². The summed E-state index contributed by atoms with van der Waals surface area (Å²) < 4.78 is 5.71. The number of nitrogens with zero attached hydrogens (tertiary/aromatic N) is 1. The van der Waals surface area contributed by atoms with Crippen molar-refractivity contribution in [2.24, 2.45) is 0 Å². The number of hydrogen-bond acceptors (Lipinski definition) is 5. The van der Waals surface area contributed by atoms with E-state index in [1.165, 1.54) is 35.2 Å². The standard InChI is InChI=1S/C23H17NO5/c1-14(15-5-3-2-4-6-15)24-21(25)19-12-11-18(13-20(19)22(24)26)29-17-9-7-16(8-10-17)23(27)28/h2-14H,1H3,(H,27,28)/p-1/t14-/m0/s1. The van der Waals surface area contributed by atoms with Crippen molar-refractivity contribution in [2.45, 2.75) is 13.0 Å². The van der Waals surface area contributed by atoms with Gasteiger partial charge in [0.1, 0.15) is 11.5 Å². The van der Waals surface area contributed by atoms with Gasteiger partial charge in [-0.15, -0.1) is 0 Å². The number of rotatable bonds is 5. The number of ether oxygens (including phenoxy) is 1. The summed E-state index contributed by atoms with van der Waals surface area (Å²) in [7, 11) is 0. The second-order valence-electron chi connectivity index (χ2n) is 6.69. The van der Waals surface area contributed by atoms with Crippen LogP contribution in [0.25, 0.3) is 0 Å². The number of imide groups is 1. The van der Waals surface area contributed by atoms with Gasteiger partial charge in [-0.25, -0.2) is 0 Å². The third-order valence-electron chi connectivity index (χ3n) is 4.88. The number of carboxylic acids is 1. The summed E-state index contributed by atoms with van der Waals surface area (Å²) in [5.74, 6) is -1.21. The second kappa shape index (κ2) is 7.24. The molecule has 0 fully saturated rings. The predicted molar refractivity (Wildman–Crippen MR) is 103 cm³/mol. The molecule has 3 aromatic rings. The molecule has 1 aliphatic heterocycles. The van der Waals surface area contributed by atoms with Gasteiger partial charge in [-0.3, -0.25) is 14.5 Å². The van der Waals surface area contributed by atoms with E-state index in [0.29, 0.717) is 17.1 Å². The lowest BCUT2D eigenvalue weighted by atomic mass is 10.1. The zero-order chi connectivity index (χ0) is 20.5. The van der Waals surface area contributed by atoms with E-state index < -0.39 is 12.0 Å². The number of carbonyl (C=O) groups excluding carboxylic acids is 3. The molecule has 6 heteroatoms. The van der Waals surface area contributed by atoms with Crippen LogP contribution in [-0.2, 0) is 0 Å². The first-order valence-corrected chi connectivity index (χ1v) is 9.02. The monoisotopic (exact) mass is 386 g/mol. The molecule has 0 radical (unpaired) electrons. The maximum absolute atomic E-state index is 12.9. The van der Waals surface area contributed by atoms with E-state index in [0.717, 1.165) is 5.56 Å². The van der Waals surface area contributed by atoms with Gasteiger partial charge in [0.25, 0.3) is 11.8 Å². The lowest BCUT2D eigenvalue weighted by molar-refractivity contribution is -0.255. The van der Waals surface area contributed by atoms with Gasteiger partial charge in [0.05, 0.1) is 23.1 Å². The predicted octanol–water partition coefficient (Wildman–Crippen LogP) is 3.20. The number of amides is 2. The third-order valence-corrected chi connectivity index (χ3v) is 4.88. The molecule has 3 aromatic carbocycles. The molecule has 1 atom stereocenters. The quantitative estimate of drug-likeness (QED) is 0.629. The minimum absolute atomic E-state index is 0.0395. The number of aromatic carboxylic acids is 1. The lowest BCUT2D eigenvalue weighted by Crippen LogP contribution is -2.32. The Labute approximate surface area is 167 Å². The number of hydrogen-bond donors (Lipinski definition) is 0. The molecule has 0 aromatic heterocycles. The number of benzene rings is 3. The van der Waals surface area contributed by atoms with Gasteiger partial charge in [-0.1, -0.05) is 30.3 Å². The van der Waals surface area contributed by atoms with Crippen LogP contribution in [0.1, 0.15) is 49.6 Å². The molecule has 144 valence electrons. The summed E-state index contributed by atoms with van der Waals surface area (Å²) in [6.07, 6.45) is 0. The maximum atomic E-state index is 12.9. The maximum Gasteiger partial charge on any atom is 0.262 e. The molecule has 6 nitrogen and oxygen atoms in total. The Morgan fingerprint density at radius 3 is 2.14 bits per heavy atom. The van der Waals surface area contributed by atoms with Crippen molar-refractivity contribution in [3.8, 4) is 11.5 Å². The molecule has 2 amide bonds. The Morgan fingerprint density at radius 2 is 1.48 bits per heavy atom. The van der Waals surface area contributed by atoms with E-state index in [4.69, 9.17) is 4.74 Å². The van der Waals surface area contributed by atoms with Crippen molar-refractivity contribution >= 4 is 17.8 Å². The normalized spacial score (nSPS) is 13.9. The second-order valence-corrected chi connectivity index (χ2v) is 6.69. The molecule has 0 aliphatic carbocycles. The van der Waals surface area contributed by atoms with Crippen LogP contribution < -0.4 is 9.84 Å². The summed E-state index contributed by atoms with van der Waals surface area (Å²) in [5.41, 5.74) is 1.52. The highest BCUT2D eigenvalue weighted by molar-refractivity contribution is 6.21. The minimum Gasteiger partial charge on any atom is -0.545 e. The first-order chi connectivity index (χ1) is 14.0. The fourth-order valence-electron chi connectivity index (χ4n) is 3.33. The van der Waals surface area contributed by atoms with Crippen LogP contribution in [0.4, 0.5) is 0 Å². The summed E-state index contributed by atoms with van der Waals surface area (Å²) in [5, 5.41) is 10.8. The minimum atomic E-state index is -1.27. The molecule has 4 rings (SSSR count). The summed E-state index contributed by atoms with van der Waals surface area (Å²) >= 11 is 0. The SMILES string of the molecule is C[C@@H](c1ccccc1)N1C(=O)c2ccc(Oc3ccc(C(=O)[O-])cc3)cc2C1=O. The summed E-state index contributed by atoms with van der Waals surface area (Å²) in [6.45, 7) is 1.81. The van der Waals surface area contributed by atoms with Crippen LogP contribution in [0, 0.1) is 0 Å². The molecule has 1 heterocycles. The highest BCUT2D eigenvalue weighted by Gasteiger charge is 2.39. The van der Waals surface area contributed by atoms with Crippen molar-refractivity contribution in [1.82, 2.24) is 4.90 Å². The van der Waals surface area contributed by atoms with Gasteiger partial charge >= 0.3 is 0 Å². The Morgan fingerprint density at radius 1 is 0.862 bits per heavy atom. The van der Waals surface area contributed by atoms with Crippen LogP contribution in [0.2, 0.25) is 0 Å². The molecule has 0 saturated heterocycles. The molecule has 1 aliphatic rings. The Hall–Kier alpha value is -3.93. The van der Waals surface area contributed by atoms with Gasteiger partial charge in [0.15, 0.2) is 0 Å². The van der Waals surface area contributed by atoms with Crippen LogP contribution in [0.15, 0.2) is 72.8 Å². The van der Waals surface area contributed by atoms with Gasteiger partial charge in [-0.05, 0) is 60.5 Å². The Kier molecular flexibility index (Phi) is 4.60. The first-order valence-electron chi connectivity index (χ1n) is 9.02. The number of fused-ring (bicyclic) bond motifs is 1. The Balaban J connectivity index is 1.59. The van der Waals surface area contributed by atoms with Gasteiger partial charge in [0, 0.05) is 0 Å². The Bertz CT molecular complexity index is 1110. The topological polar surface area (TPSA) is 86.7 Å². The van der Waals surface area contributed by atoms with Crippen molar-refractivity contribution in [3.05, 3.63) is 95.1 Å². The zero-order valence-electron chi connectivity index (χ0n) is 15.5. The zero-order valence-corrected chi connectivity index (χ0v) is 15.5. The van der Waals surface area contributed by atoms with Crippen LogP contribution in [-0.4, -0.2) is 22.7 Å².